The molecule has 1 amide bonds. The quantitative estimate of drug-likeness (QED) is 0.391. The van der Waals surface area contributed by atoms with Crippen LogP contribution in [0.25, 0.3) is 0 Å². The summed E-state index contributed by atoms with van der Waals surface area (Å²) >= 11 is 2.67. The molecule has 1 rings (SSSR count). The first kappa shape index (κ1) is 25.2. The summed E-state index contributed by atoms with van der Waals surface area (Å²) in [4.78, 5) is 49.1. The summed E-state index contributed by atoms with van der Waals surface area (Å²) in [6.07, 6.45) is 1.75. The van der Waals surface area contributed by atoms with Crippen molar-refractivity contribution in [1.82, 2.24) is 5.32 Å². The number of amides is 1. The lowest BCUT2D eigenvalue weighted by Gasteiger charge is -2.16. The summed E-state index contributed by atoms with van der Waals surface area (Å²) in [5.41, 5.74) is 0.828. The van der Waals surface area contributed by atoms with Gasteiger partial charge in [0.1, 0.15) is 6.04 Å². The minimum absolute atomic E-state index is 0.0140. The highest BCUT2D eigenvalue weighted by molar-refractivity contribution is 8.13. The molecule has 0 saturated carbocycles. The van der Waals surface area contributed by atoms with E-state index >= 15 is 0 Å². The number of esters is 2. The Bertz CT molecular complexity index is 716. The standard InChI is InChI=1S/C20H29NO6S2/c1-5-26-17(23)10-9-16(20(25)27-6-2)21-19(24)18-13(3)12-15(29-18)8-7-11-28-14(4)22/h12,16H,5-11H2,1-4H3,(H,21,24). The number of hydrogen-bond donors (Lipinski definition) is 1. The van der Waals surface area contributed by atoms with E-state index in [1.165, 1.54) is 23.1 Å². The van der Waals surface area contributed by atoms with Crippen molar-refractivity contribution in [3.63, 3.8) is 0 Å². The number of carbonyl (C=O) groups excluding carboxylic acids is 4. The van der Waals surface area contributed by atoms with E-state index in [-0.39, 0.29) is 37.1 Å². The van der Waals surface area contributed by atoms with Crippen molar-refractivity contribution in [2.24, 2.45) is 0 Å². The van der Waals surface area contributed by atoms with Crippen molar-refractivity contribution in [2.45, 2.75) is 59.4 Å². The number of aryl methyl sites for hydroxylation is 2. The first-order valence-corrected chi connectivity index (χ1v) is 11.4. The van der Waals surface area contributed by atoms with E-state index in [0.29, 0.717) is 4.88 Å². The molecule has 29 heavy (non-hydrogen) atoms. The topological polar surface area (TPSA) is 98.8 Å². The van der Waals surface area contributed by atoms with Crippen LogP contribution in [0, 0.1) is 6.92 Å². The van der Waals surface area contributed by atoms with Gasteiger partial charge in [-0.2, -0.15) is 0 Å². The third-order valence-electron chi connectivity index (χ3n) is 3.87. The predicted molar refractivity (Wildman–Crippen MR) is 114 cm³/mol. The minimum Gasteiger partial charge on any atom is -0.466 e. The second kappa shape index (κ2) is 13.4. The summed E-state index contributed by atoms with van der Waals surface area (Å²) in [5.74, 6) is -0.610. The van der Waals surface area contributed by atoms with Gasteiger partial charge >= 0.3 is 11.9 Å². The summed E-state index contributed by atoms with van der Waals surface area (Å²) in [5, 5.41) is 2.79. The van der Waals surface area contributed by atoms with Crippen molar-refractivity contribution in [3.05, 3.63) is 21.4 Å². The molecule has 162 valence electrons. The van der Waals surface area contributed by atoms with Crippen LogP contribution in [0.2, 0.25) is 0 Å². The third-order valence-corrected chi connectivity index (χ3v) is 6.06. The van der Waals surface area contributed by atoms with E-state index in [4.69, 9.17) is 9.47 Å². The number of ether oxygens (including phenoxy) is 2. The highest BCUT2D eigenvalue weighted by atomic mass is 32.2. The van der Waals surface area contributed by atoms with Crippen LogP contribution in [-0.4, -0.2) is 48.0 Å². The van der Waals surface area contributed by atoms with Gasteiger partial charge in [0.25, 0.3) is 5.91 Å². The number of carbonyl (C=O) groups is 4. The summed E-state index contributed by atoms with van der Waals surface area (Å²) in [7, 11) is 0. The smallest absolute Gasteiger partial charge is 0.328 e. The predicted octanol–water partition coefficient (Wildman–Crippen LogP) is 3.27. The third kappa shape index (κ3) is 9.45. The van der Waals surface area contributed by atoms with Crippen LogP contribution in [0.4, 0.5) is 0 Å². The fourth-order valence-electron chi connectivity index (χ4n) is 2.57. The Morgan fingerprint density at radius 2 is 1.86 bits per heavy atom. The van der Waals surface area contributed by atoms with Crippen molar-refractivity contribution < 1.29 is 28.7 Å². The van der Waals surface area contributed by atoms with Crippen LogP contribution in [0.3, 0.4) is 0 Å². The molecule has 0 spiro atoms. The van der Waals surface area contributed by atoms with Gasteiger partial charge in [0.15, 0.2) is 5.12 Å². The van der Waals surface area contributed by atoms with Crippen LogP contribution in [0.15, 0.2) is 6.07 Å². The highest BCUT2D eigenvalue weighted by Gasteiger charge is 2.25. The molecule has 1 aromatic heterocycles. The minimum atomic E-state index is -0.913. The number of thioether (sulfide) groups is 1. The monoisotopic (exact) mass is 443 g/mol. The molecular weight excluding hydrogens is 414 g/mol. The van der Waals surface area contributed by atoms with E-state index in [0.717, 1.165) is 29.0 Å². The number of nitrogens with one attached hydrogen (secondary N) is 1. The Morgan fingerprint density at radius 3 is 2.48 bits per heavy atom. The molecule has 0 aliphatic carbocycles. The van der Waals surface area contributed by atoms with Gasteiger partial charge in [-0.25, -0.2) is 4.79 Å². The molecule has 1 heterocycles. The summed E-state index contributed by atoms with van der Waals surface area (Å²) in [6, 6.07) is 1.04. The molecule has 9 heteroatoms. The number of rotatable bonds is 12. The summed E-state index contributed by atoms with van der Waals surface area (Å²) in [6.45, 7) is 7.23. The maximum absolute atomic E-state index is 12.7. The molecule has 7 nitrogen and oxygen atoms in total. The molecular formula is C20H29NO6S2. The van der Waals surface area contributed by atoms with E-state index in [1.807, 2.05) is 13.0 Å². The second-order valence-corrected chi connectivity index (χ2v) is 8.70. The molecule has 0 fully saturated rings. The van der Waals surface area contributed by atoms with Gasteiger partial charge in [0, 0.05) is 24.0 Å². The van der Waals surface area contributed by atoms with Crippen LogP contribution in [-0.2, 0) is 30.3 Å². The molecule has 1 N–H and O–H groups in total. The first-order chi connectivity index (χ1) is 13.8. The zero-order valence-electron chi connectivity index (χ0n) is 17.4. The van der Waals surface area contributed by atoms with Gasteiger partial charge in [0.05, 0.1) is 18.1 Å². The van der Waals surface area contributed by atoms with Gasteiger partial charge in [-0.3, -0.25) is 14.4 Å². The average molecular weight is 444 g/mol. The van der Waals surface area contributed by atoms with Crippen LogP contribution in [0.5, 0.6) is 0 Å². The van der Waals surface area contributed by atoms with E-state index < -0.39 is 18.0 Å². The Labute approximate surface area is 179 Å². The molecule has 0 aromatic carbocycles. The molecule has 1 atom stereocenters. The fraction of sp³-hybridized carbons (Fsp3) is 0.600. The maximum Gasteiger partial charge on any atom is 0.328 e. The van der Waals surface area contributed by atoms with Gasteiger partial charge in [-0.05, 0) is 51.7 Å². The molecule has 0 saturated heterocycles. The zero-order valence-corrected chi connectivity index (χ0v) is 19.0. The zero-order chi connectivity index (χ0) is 21.8. The van der Waals surface area contributed by atoms with Gasteiger partial charge < -0.3 is 14.8 Å². The van der Waals surface area contributed by atoms with Gasteiger partial charge in [-0.15, -0.1) is 11.3 Å². The van der Waals surface area contributed by atoms with Gasteiger partial charge in [-0.1, -0.05) is 11.8 Å². The number of thiophene rings is 1. The van der Waals surface area contributed by atoms with Crippen molar-refractivity contribution >= 4 is 46.1 Å². The van der Waals surface area contributed by atoms with Crippen molar-refractivity contribution in [1.29, 1.82) is 0 Å². The Hall–Kier alpha value is -1.87. The Kier molecular flexibility index (Phi) is 11.6. The SMILES string of the molecule is CCOC(=O)CCC(NC(=O)c1sc(CCCSC(C)=O)cc1C)C(=O)OCC. The normalized spacial score (nSPS) is 11.6. The molecule has 1 aromatic rings. The Morgan fingerprint density at radius 1 is 1.17 bits per heavy atom. The molecule has 0 radical (unpaired) electrons. The maximum atomic E-state index is 12.7. The number of hydrogen-bond acceptors (Lipinski definition) is 8. The molecule has 1 unspecified atom stereocenters. The molecule has 0 bridgehead atoms. The largest absolute Gasteiger partial charge is 0.466 e. The van der Waals surface area contributed by atoms with E-state index in [1.54, 1.807) is 20.8 Å². The molecule has 0 aliphatic rings. The van der Waals surface area contributed by atoms with Crippen molar-refractivity contribution in [2.75, 3.05) is 19.0 Å². The van der Waals surface area contributed by atoms with Crippen LogP contribution < -0.4 is 5.32 Å². The second-order valence-electron chi connectivity index (χ2n) is 6.29. The van der Waals surface area contributed by atoms with Crippen LogP contribution in [0.1, 0.15) is 60.1 Å². The highest BCUT2D eigenvalue weighted by Crippen LogP contribution is 2.24. The lowest BCUT2D eigenvalue weighted by molar-refractivity contribution is -0.146. The lowest BCUT2D eigenvalue weighted by atomic mass is 10.1. The first-order valence-electron chi connectivity index (χ1n) is 9.64. The lowest BCUT2D eigenvalue weighted by Crippen LogP contribution is -2.42. The average Bonchev–Trinajstić information content (AvgIpc) is 3.03. The van der Waals surface area contributed by atoms with E-state index in [2.05, 4.69) is 5.32 Å². The van der Waals surface area contributed by atoms with Crippen molar-refractivity contribution in [3.8, 4) is 0 Å². The Balaban J connectivity index is 2.73. The van der Waals surface area contributed by atoms with E-state index in [9.17, 15) is 19.2 Å². The summed E-state index contributed by atoms with van der Waals surface area (Å²) < 4.78 is 9.90. The fourth-order valence-corrected chi connectivity index (χ4v) is 4.26. The molecule has 0 aliphatic heterocycles. The van der Waals surface area contributed by atoms with Gasteiger partial charge in [0.2, 0.25) is 0 Å². The van der Waals surface area contributed by atoms with Crippen LogP contribution >= 0.6 is 23.1 Å².